The second-order valence-electron chi connectivity index (χ2n) is 7.16. The number of aromatic nitrogens is 1. The van der Waals surface area contributed by atoms with Crippen LogP contribution in [0.4, 0.5) is 4.79 Å². The fourth-order valence-electron chi connectivity index (χ4n) is 3.65. The monoisotopic (exact) mass is 510 g/mol. The van der Waals surface area contributed by atoms with Gasteiger partial charge in [0.15, 0.2) is 0 Å². The van der Waals surface area contributed by atoms with Gasteiger partial charge in [-0.25, -0.2) is 0 Å². The zero-order valence-electron chi connectivity index (χ0n) is 15.6. The summed E-state index contributed by atoms with van der Waals surface area (Å²) in [5, 5.41) is 0. The molecule has 1 aromatic carbocycles. The van der Waals surface area contributed by atoms with Crippen LogP contribution >= 0.6 is 41.1 Å². The number of benzene rings is 1. The Morgan fingerprint density at radius 2 is 1.85 bits per heavy atom. The summed E-state index contributed by atoms with van der Waals surface area (Å²) in [4.78, 5) is 17.1. The molecule has 2 aliphatic rings. The van der Waals surface area contributed by atoms with E-state index in [1.807, 2.05) is 11.1 Å². The molecule has 0 saturated carbocycles. The van der Waals surface area contributed by atoms with Gasteiger partial charge in [0, 0.05) is 40.3 Å². The molecular weight excluding hydrogens is 487 g/mol. The predicted molar refractivity (Wildman–Crippen MR) is 122 cm³/mol. The van der Waals surface area contributed by atoms with Gasteiger partial charge < -0.3 is 4.90 Å². The fraction of sp³-hybridized carbons (Fsp3) is 0.429. The van der Waals surface area contributed by atoms with Crippen molar-refractivity contribution in [3.8, 4) is 0 Å². The number of amides is 1. The molecule has 1 aromatic heterocycles. The van der Waals surface area contributed by atoms with E-state index in [1.54, 1.807) is 0 Å². The largest absolute Gasteiger partial charge is 0.340 e. The normalized spacial score (nSPS) is 15.8. The number of nitrogens with zero attached hydrogens (tertiary/aromatic N) is 2. The van der Waals surface area contributed by atoms with Crippen LogP contribution in [-0.2, 0) is 19.3 Å². The topological polar surface area (TPSA) is 33.2 Å². The van der Waals surface area contributed by atoms with Crippen molar-refractivity contribution in [2.24, 2.45) is 0 Å². The Balaban J connectivity index is 0.000000197. The van der Waals surface area contributed by atoms with Crippen molar-refractivity contribution in [2.75, 3.05) is 13.1 Å². The highest BCUT2D eigenvalue weighted by atomic mass is 79.9. The average molecular weight is 512 g/mol. The summed E-state index contributed by atoms with van der Waals surface area (Å²) >= 11 is 7.24. The Hall–Kier alpha value is -0.770. The number of hydrogen-bond donors (Lipinski definition) is 0. The average Bonchev–Trinajstić information content (AvgIpc) is 2.85. The summed E-state index contributed by atoms with van der Waals surface area (Å²) in [6.45, 7) is 4.07. The van der Waals surface area contributed by atoms with Gasteiger partial charge in [-0.2, -0.15) is 0 Å². The Bertz CT molecular complexity index is 835. The number of fused-ring (bicyclic) bond motifs is 2. The van der Waals surface area contributed by atoms with Crippen LogP contribution in [0, 0.1) is 6.92 Å². The number of halogens is 2. The fourth-order valence-corrected chi connectivity index (χ4v) is 4.88. The maximum Gasteiger partial charge on any atom is 0.237 e. The van der Waals surface area contributed by atoms with E-state index in [0.29, 0.717) is 0 Å². The number of likely N-dealkylation sites (tertiary alicyclic amines) is 1. The van der Waals surface area contributed by atoms with Gasteiger partial charge in [-0.3, -0.25) is 9.78 Å². The molecule has 6 heteroatoms. The van der Waals surface area contributed by atoms with Gasteiger partial charge in [0.05, 0.1) is 0 Å². The summed E-state index contributed by atoms with van der Waals surface area (Å²) in [5.74, 6) is 0. The number of rotatable bonds is 0. The molecule has 3 nitrogen and oxygen atoms in total. The van der Waals surface area contributed by atoms with E-state index in [1.165, 1.54) is 51.7 Å². The minimum atomic E-state index is 0.148. The van der Waals surface area contributed by atoms with Crippen LogP contribution in [0.3, 0.4) is 0 Å². The lowest BCUT2D eigenvalue weighted by atomic mass is 10.0. The lowest BCUT2D eigenvalue weighted by molar-refractivity contribution is 0.211. The van der Waals surface area contributed by atoms with Crippen molar-refractivity contribution < 1.29 is 4.79 Å². The van der Waals surface area contributed by atoms with Crippen molar-refractivity contribution in [2.45, 2.75) is 45.4 Å². The van der Waals surface area contributed by atoms with Crippen LogP contribution in [0.25, 0.3) is 0 Å². The maximum absolute atomic E-state index is 10.7. The van der Waals surface area contributed by atoms with Gasteiger partial charge >= 0.3 is 0 Å². The first kappa shape index (κ1) is 21.0. The maximum atomic E-state index is 10.7. The zero-order valence-corrected chi connectivity index (χ0v) is 19.9. The van der Waals surface area contributed by atoms with Crippen molar-refractivity contribution in [3.05, 3.63) is 61.3 Å². The standard InChI is InChI=1S/C15H13Br2N.C6H12NOP/c1-9-2-3-10-7-14-11(6-12(16)8-18-14)4-5-13(10)15(9)17;8-6(9)7-4-2-1-3-5-7/h2-3,6,8H,4-5,7H2,1H3;1-5,9H2. The van der Waals surface area contributed by atoms with E-state index in [4.69, 9.17) is 0 Å². The van der Waals surface area contributed by atoms with Gasteiger partial charge in [0.25, 0.3) is 0 Å². The molecular formula is C21H25Br2N2OP. The second-order valence-corrected chi connectivity index (χ2v) is 9.36. The smallest absolute Gasteiger partial charge is 0.237 e. The number of aryl methyl sites for hydroxylation is 2. The van der Waals surface area contributed by atoms with Crippen molar-refractivity contribution in [3.63, 3.8) is 0 Å². The molecule has 1 unspecified atom stereocenters. The SMILES string of the molecule is Cc1ccc2c(c1Br)CCc1cc(Br)cnc1C2.O=C(P)N1CCCCC1. The highest BCUT2D eigenvalue weighted by Crippen LogP contribution is 2.31. The zero-order chi connectivity index (χ0) is 19.4. The molecule has 0 radical (unpaired) electrons. The molecule has 144 valence electrons. The molecule has 1 aliphatic carbocycles. The number of piperidine rings is 1. The Kier molecular flexibility index (Phi) is 7.47. The van der Waals surface area contributed by atoms with Gasteiger partial charge in [-0.1, -0.05) is 28.1 Å². The molecule has 1 aliphatic heterocycles. The molecule has 2 heterocycles. The van der Waals surface area contributed by atoms with E-state index >= 15 is 0 Å². The highest BCUT2D eigenvalue weighted by Gasteiger charge is 2.17. The molecule has 1 fully saturated rings. The molecule has 1 saturated heterocycles. The van der Waals surface area contributed by atoms with Crippen LogP contribution in [-0.4, -0.2) is 28.6 Å². The first-order valence-electron chi connectivity index (χ1n) is 9.40. The van der Waals surface area contributed by atoms with Crippen molar-refractivity contribution in [1.82, 2.24) is 9.88 Å². The molecule has 4 rings (SSSR count). The molecule has 0 N–H and O–H groups in total. The van der Waals surface area contributed by atoms with Gasteiger partial charge in [0.1, 0.15) is 0 Å². The van der Waals surface area contributed by atoms with Crippen LogP contribution in [0.5, 0.6) is 0 Å². The molecule has 1 atom stereocenters. The van der Waals surface area contributed by atoms with Crippen molar-refractivity contribution in [1.29, 1.82) is 0 Å². The van der Waals surface area contributed by atoms with Crippen LogP contribution < -0.4 is 0 Å². The van der Waals surface area contributed by atoms with Gasteiger partial charge in [-0.15, -0.1) is 0 Å². The van der Waals surface area contributed by atoms with Gasteiger partial charge in [-0.05, 0) is 92.5 Å². The minimum Gasteiger partial charge on any atom is -0.340 e. The Labute approximate surface area is 180 Å². The van der Waals surface area contributed by atoms with E-state index in [-0.39, 0.29) is 5.65 Å². The number of pyridine rings is 1. The molecule has 27 heavy (non-hydrogen) atoms. The lowest BCUT2D eigenvalue weighted by Gasteiger charge is -2.24. The quantitative estimate of drug-likeness (QED) is 0.402. The second kappa shape index (κ2) is 9.62. The summed E-state index contributed by atoms with van der Waals surface area (Å²) in [5.41, 5.74) is 6.89. The van der Waals surface area contributed by atoms with Crippen LogP contribution in [0.15, 0.2) is 33.3 Å². The summed E-state index contributed by atoms with van der Waals surface area (Å²) in [6.07, 6.45) is 8.64. The third kappa shape index (κ3) is 5.40. The number of carbonyl (C=O) groups is 1. The molecule has 1 amide bonds. The van der Waals surface area contributed by atoms with Crippen LogP contribution in [0.2, 0.25) is 0 Å². The van der Waals surface area contributed by atoms with E-state index in [9.17, 15) is 4.79 Å². The summed E-state index contributed by atoms with van der Waals surface area (Å²) in [6, 6.07) is 6.63. The number of carbonyl (C=O) groups excluding carboxylic acids is 1. The summed E-state index contributed by atoms with van der Waals surface area (Å²) in [7, 11) is 2.21. The Morgan fingerprint density at radius 3 is 2.52 bits per heavy atom. The van der Waals surface area contributed by atoms with E-state index in [2.05, 4.69) is 71.2 Å². The first-order chi connectivity index (χ1) is 13.0. The molecule has 0 bridgehead atoms. The summed E-state index contributed by atoms with van der Waals surface area (Å²) < 4.78 is 2.34. The third-order valence-electron chi connectivity index (χ3n) is 5.23. The molecule has 0 spiro atoms. The van der Waals surface area contributed by atoms with Gasteiger partial charge in [0.2, 0.25) is 5.65 Å². The Morgan fingerprint density at radius 1 is 1.11 bits per heavy atom. The van der Waals surface area contributed by atoms with Crippen LogP contribution in [0.1, 0.15) is 47.2 Å². The lowest BCUT2D eigenvalue weighted by Crippen LogP contribution is -2.31. The van der Waals surface area contributed by atoms with E-state index < -0.39 is 0 Å². The highest BCUT2D eigenvalue weighted by molar-refractivity contribution is 9.10. The third-order valence-corrected chi connectivity index (χ3v) is 7.13. The first-order valence-corrected chi connectivity index (χ1v) is 11.6. The van der Waals surface area contributed by atoms with Crippen molar-refractivity contribution >= 4 is 46.7 Å². The van der Waals surface area contributed by atoms with E-state index in [0.717, 1.165) is 36.8 Å². The predicted octanol–water partition coefficient (Wildman–Crippen LogP) is 6.07. The minimum absolute atomic E-state index is 0.148. The molecule has 2 aromatic rings. The number of hydrogen-bond acceptors (Lipinski definition) is 2.